The third kappa shape index (κ3) is 6.44. The molecule has 0 radical (unpaired) electrons. The van der Waals surface area contributed by atoms with Crippen LogP contribution in [0.25, 0.3) is 0 Å². The van der Waals surface area contributed by atoms with E-state index in [9.17, 15) is 4.39 Å². The van der Waals surface area contributed by atoms with Crippen LogP contribution in [0.5, 0.6) is 0 Å². The zero-order valence-electron chi connectivity index (χ0n) is 13.5. The number of hydrogen-bond acceptors (Lipinski definition) is 3. The number of unbranched alkanes of at least 4 members (excludes halogenated alkanes) is 2. The SMILES string of the molecule is CC(C)CNCc1c(F)cccc1N(C)CCCCCO. The van der Waals surface area contributed by atoms with Gasteiger partial charge in [0.25, 0.3) is 0 Å². The van der Waals surface area contributed by atoms with Gasteiger partial charge in [-0.25, -0.2) is 4.39 Å². The van der Waals surface area contributed by atoms with Crippen molar-refractivity contribution in [3.05, 3.63) is 29.6 Å². The fraction of sp³-hybridized carbons (Fsp3) is 0.647. The van der Waals surface area contributed by atoms with Crippen LogP contribution in [0.15, 0.2) is 18.2 Å². The van der Waals surface area contributed by atoms with Gasteiger partial charge in [-0.15, -0.1) is 0 Å². The molecular weight excluding hydrogens is 267 g/mol. The Morgan fingerprint density at radius 1 is 1.24 bits per heavy atom. The minimum Gasteiger partial charge on any atom is -0.396 e. The highest BCUT2D eigenvalue weighted by atomic mass is 19.1. The molecule has 120 valence electrons. The highest BCUT2D eigenvalue weighted by Gasteiger charge is 2.11. The third-order valence-electron chi connectivity index (χ3n) is 3.51. The van der Waals surface area contributed by atoms with Gasteiger partial charge in [0.05, 0.1) is 0 Å². The van der Waals surface area contributed by atoms with Crippen molar-refractivity contribution in [2.45, 2.75) is 39.7 Å². The number of benzene rings is 1. The average molecular weight is 296 g/mol. The highest BCUT2D eigenvalue weighted by molar-refractivity contribution is 5.53. The molecule has 0 bridgehead atoms. The van der Waals surface area contributed by atoms with E-state index in [4.69, 9.17) is 5.11 Å². The molecule has 0 heterocycles. The summed E-state index contributed by atoms with van der Waals surface area (Å²) in [6.45, 7) is 6.84. The lowest BCUT2D eigenvalue weighted by atomic mass is 10.1. The Morgan fingerprint density at radius 3 is 2.67 bits per heavy atom. The van der Waals surface area contributed by atoms with Gasteiger partial charge in [-0.2, -0.15) is 0 Å². The largest absolute Gasteiger partial charge is 0.396 e. The van der Waals surface area contributed by atoms with E-state index >= 15 is 0 Å². The van der Waals surface area contributed by atoms with Crippen LogP contribution >= 0.6 is 0 Å². The second-order valence-corrected chi connectivity index (χ2v) is 5.97. The maximum absolute atomic E-state index is 14.1. The van der Waals surface area contributed by atoms with Crippen molar-refractivity contribution in [3.63, 3.8) is 0 Å². The second-order valence-electron chi connectivity index (χ2n) is 5.97. The molecule has 21 heavy (non-hydrogen) atoms. The first-order chi connectivity index (χ1) is 10.1. The van der Waals surface area contributed by atoms with E-state index in [-0.39, 0.29) is 12.4 Å². The summed E-state index contributed by atoms with van der Waals surface area (Å²) in [7, 11) is 2.00. The van der Waals surface area contributed by atoms with E-state index in [1.165, 1.54) is 6.07 Å². The number of hydrogen-bond donors (Lipinski definition) is 2. The Morgan fingerprint density at radius 2 is 2.00 bits per heavy atom. The van der Waals surface area contributed by atoms with E-state index in [2.05, 4.69) is 24.1 Å². The normalized spacial score (nSPS) is 11.1. The molecule has 0 fully saturated rings. The quantitative estimate of drug-likeness (QED) is 0.651. The Bertz CT molecular complexity index is 410. The van der Waals surface area contributed by atoms with Crippen molar-refractivity contribution in [1.29, 1.82) is 0 Å². The molecule has 1 aromatic carbocycles. The van der Waals surface area contributed by atoms with Gasteiger partial charge in [0.2, 0.25) is 0 Å². The van der Waals surface area contributed by atoms with Crippen LogP contribution in [0, 0.1) is 11.7 Å². The number of nitrogens with one attached hydrogen (secondary N) is 1. The number of anilines is 1. The minimum absolute atomic E-state index is 0.147. The van der Waals surface area contributed by atoms with Crippen LogP contribution in [0.2, 0.25) is 0 Å². The summed E-state index contributed by atoms with van der Waals surface area (Å²) in [6.07, 6.45) is 2.84. The zero-order chi connectivity index (χ0) is 15.7. The molecule has 2 N–H and O–H groups in total. The standard InChI is InChI=1S/C17H29FN2O/c1-14(2)12-19-13-15-16(18)8-7-9-17(15)20(3)10-5-4-6-11-21/h7-9,14,19,21H,4-6,10-13H2,1-3H3. The topological polar surface area (TPSA) is 35.5 Å². The predicted octanol–water partition coefficient (Wildman–Crippen LogP) is 3.17. The Labute approximate surface area is 128 Å². The smallest absolute Gasteiger partial charge is 0.129 e. The fourth-order valence-corrected chi connectivity index (χ4v) is 2.32. The summed E-state index contributed by atoms with van der Waals surface area (Å²) in [6, 6.07) is 5.26. The molecule has 0 atom stereocenters. The highest BCUT2D eigenvalue weighted by Crippen LogP contribution is 2.22. The first kappa shape index (κ1) is 17.9. The lowest BCUT2D eigenvalue weighted by Gasteiger charge is -2.23. The average Bonchev–Trinajstić information content (AvgIpc) is 2.44. The molecule has 0 aliphatic heterocycles. The van der Waals surface area contributed by atoms with E-state index in [1.807, 2.05) is 13.1 Å². The minimum atomic E-state index is -0.147. The summed E-state index contributed by atoms with van der Waals surface area (Å²) in [4.78, 5) is 2.10. The molecule has 0 saturated carbocycles. The molecule has 0 aliphatic carbocycles. The summed E-state index contributed by atoms with van der Waals surface area (Å²) in [5.41, 5.74) is 1.69. The molecule has 1 aromatic rings. The monoisotopic (exact) mass is 296 g/mol. The van der Waals surface area contributed by atoms with Gasteiger partial charge in [0.15, 0.2) is 0 Å². The van der Waals surface area contributed by atoms with Crippen LogP contribution in [-0.4, -0.2) is 31.9 Å². The van der Waals surface area contributed by atoms with Crippen molar-refractivity contribution in [1.82, 2.24) is 5.32 Å². The Hall–Kier alpha value is -1.13. The fourth-order valence-electron chi connectivity index (χ4n) is 2.32. The van der Waals surface area contributed by atoms with Crippen LogP contribution < -0.4 is 10.2 Å². The zero-order valence-corrected chi connectivity index (χ0v) is 13.5. The van der Waals surface area contributed by atoms with Crippen LogP contribution in [0.4, 0.5) is 10.1 Å². The number of halogens is 1. The van der Waals surface area contributed by atoms with E-state index in [1.54, 1.807) is 6.07 Å². The van der Waals surface area contributed by atoms with Crippen LogP contribution in [0.1, 0.15) is 38.7 Å². The van der Waals surface area contributed by atoms with E-state index < -0.39 is 0 Å². The summed E-state index contributed by atoms with van der Waals surface area (Å²) < 4.78 is 14.1. The molecule has 0 saturated heterocycles. The van der Waals surface area contributed by atoms with Crippen molar-refractivity contribution >= 4 is 5.69 Å². The maximum Gasteiger partial charge on any atom is 0.129 e. The number of aliphatic hydroxyl groups is 1. The maximum atomic E-state index is 14.1. The molecule has 4 heteroatoms. The molecule has 0 amide bonds. The third-order valence-corrected chi connectivity index (χ3v) is 3.51. The summed E-state index contributed by atoms with van der Waals surface area (Å²) in [5.74, 6) is 0.405. The number of rotatable bonds is 10. The lowest BCUT2D eigenvalue weighted by molar-refractivity contribution is 0.283. The number of nitrogens with zero attached hydrogens (tertiary/aromatic N) is 1. The van der Waals surface area contributed by atoms with Gasteiger partial charge in [-0.1, -0.05) is 19.9 Å². The van der Waals surface area contributed by atoms with Crippen molar-refractivity contribution in [2.75, 3.05) is 31.6 Å². The van der Waals surface area contributed by atoms with Gasteiger partial charge in [-0.05, 0) is 43.9 Å². The van der Waals surface area contributed by atoms with Crippen molar-refractivity contribution in [2.24, 2.45) is 5.92 Å². The second kappa shape index (κ2) is 9.74. The molecular formula is C17H29FN2O. The molecule has 0 aromatic heterocycles. The van der Waals surface area contributed by atoms with Crippen molar-refractivity contribution in [3.8, 4) is 0 Å². The molecule has 0 aliphatic rings. The van der Waals surface area contributed by atoms with Crippen LogP contribution in [-0.2, 0) is 6.54 Å². The molecule has 0 spiro atoms. The first-order valence-electron chi connectivity index (χ1n) is 7.86. The van der Waals surface area contributed by atoms with Crippen LogP contribution in [0.3, 0.4) is 0 Å². The van der Waals surface area contributed by atoms with E-state index in [0.29, 0.717) is 12.5 Å². The first-order valence-corrected chi connectivity index (χ1v) is 7.86. The van der Waals surface area contributed by atoms with Gasteiger partial charge in [-0.3, -0.25) is 0 Å². The van der Waals surface area contributed by atoms with Gasteiger partial charge < -0.3 is 15.3 Å². The molecule has 0 unspecified atom stereocenters. The lowest BCUT2D eigenvalue weighted by Crippen LogP contribution is -2.24. The van der Waals surface area contributed by atoms with E-state index in [0.717, 1.165) is 43.6 Å². The summed E-state index contributed by atoms with van der Waals surface area (Å²) >= 11 is 0. The predicted molar refractivity (Wildman–Crippen MR) is 87.2 cm³/mol. The molecule has 1 rings (SSSR count). The number of aliphatic hydroxyl groups excluding tert-OH is 1. The van der Waals surface area contributed by atoms with Crippen molar-refractivity contribution < 1.29 is 9.50 Å². The summed E-state index contributed by atoms with van der Waals surface area (Å²) in [5, 5.41) is 12.1. The Balaban J connectivity index is 2.64. The molecule has 3 nitrogen and oxygen atoms in total. The Kier molecular flexibility index (Phi) is 8.31. The van der Waals surface area contributed by atoms with Gasteiger partial charge in [0.1, 0.15) is 5.82 Å². The van der Waals surface area contributed by atoms with Gasteiger partial charge >= 0.3 is 0 Å². The van der Waals surface area contributed by atoms with Gasteiger partial charge in [0, 0.05) is 38.0 Å².